The van der Waals surface area contributed by atoms with Crippen LogP contribution in [0.5, 0.6) is 0 Å². The van der Waals surface area contributed by atoms with E-state index in [4.69, 9.17) is 5.73 Å². The Labute approximate surface area is 107 Å². The number of nitrogens with zero attached hydrogens (tertiary/aromatic N) is 1. The molecule has 0 amide bonds. The number of fused-ring (bicyclic) bond motifs is 1. The minimum absolute atomic E-state index is 0.102. The monoisotopic (exact) mass is 264 g/mol. The van der Waals surface area contributed by atoms with E-state index in [1.165, 1.54) is 13.3 Å². The van der Waals surface area contributed by atoms with Crippen molar-refractivity contribution in [3.63, 3.8) is 0 Å². The van der Waals surface area contributed by atoms with Crippen LogP contribution < -0.4 is 5.73 Å². The molecule has 0 aromatic carbocycles. The van der Waals surface area contributed by atoms with Gasteiger partial charge in [-0.1, -0.05) is 12.8 Å². The van der Waals surface area contributed by atoms with Crippen LogP contribution >= 0.6 is 0 Å². The molecule has 0 spiro atoms. The Balaban J connectivity index is 2.17. The van der Waals surface area contributed by atoms with Crippen molar-refractivity contribution in [2.24, 2.45) is 11.7 Å². The molecule has 1 saturated heterocycles. The molecule has 5 heteroatoms. The number of likely N-dealkylation sites (tertiary alicyclic amines) is 1. The summed E-state index contributed by atoms with van der Waals surface area (Å²) in [6.45, 7) is 2.03. The van der Waals surface area contributed by atoms with Crippen molar-refractivity contribution in [2.45, 2.75) is 69.8 Å². The molecule has 1 heterocycles. The summed E-state index contributed by atoms with van der Waals surface area (Å²) in [5, 5.41) is 0. The lowest BCUT2D eigenvalue weighted by Crippen LogP contribution is -2.61. The fourth-order valence-corrected chi connectivity index (χ4v) is 3.80. The zero-order valence-electron chi connectivity index (χ0n) is 10.9. The highest BCUT2D eigenvalue weighted by molar-refractivity contribution is 4.95. The van der Waals surface area contributed by atoms with E-state index in [-0.39, 0.29) is 6.04 Å². The van der Waals surface area contributed by atoms with Crippen molar-refractivity contribution in [2.75, 3.05) is 6.54 Å². The van der Waals surface area contributed by atoms with Crippen molar-refractivity contribution in [3.05, 3.63) is 0 Å². The Kier molecular flexibility index (Phi) is 4.22. The Morgan fingerprint density at radius 3 is 2.33 bits per heavy atom. The highest BCUT2D eigenvalue weighted by atomic mass is 19.4. The van der Waals surface area contributed by atoms with E-state index in [0.29, 0.717) is 12.5 Å². The van der Waals surface area contributed by atoms with Gasteiger partial charge in [-0.25, -0.2) is 0 Å². The van der Waals surface area contributed by atoms with Crippen LogP contribution in [0.1, 0.15) is 45.4 Å². The molecular formula is C13H23F3N2. The molecule has 0 aromatic heterocycles. The first-order valence-electron chi connectivity index (χ1n) is 6.99. The van der Waals surface area contributed by atoms with Gasteiger partial charge in [-0.15, -0.1) is 0 Å². The number of nitrogens with two attached hydrogens (primary N) is 1. The van der Waals surface area contributed by atoms with E-state index in [2.05, 4.69) is 0 Å². The summed E-state index contributed by atoms with van der Waals surface area (Å²) < 4.78 is 39.6. The molecule has 1 saturated carbocycles. The van der Waals surface area contributed by atoms with Gasteiger partial charge in [0.25, 0.3) is 0 Å². The molecule has 2 fully saturated rings. The van der Waals surface area contributed by atoms with Gasteiger partial charge in [0, 0.05) is 12.1 Å². The molecule has 4 atom stereocenters. The van der Waals surface area contributed by atoms with Gasteiger partial charge in [0.15, 0.2) is 0 Å². The molecule has 2 nitrogen and oxygen atoms in total. The number of hydrogen-bond acceptors (Lipinski definition) is 2. The highest BCUT2D eigenvalue weighted by Crippen LogP contribution is 2.39. The van der Waals surface area contributed by atoms with E-state index >= 15 is 0 Å². The molecule has 1 aliphatic carbocycles. The predicted octanol–water partition coefficient (Wildman–Crippen LogP) is 2.92. The first-order valence-corrected chi connectivity index (χ1v) is 6.99. The summed E-state index contributed by atoms with van der Waals surface area (Å²) in [4.78, 5) is 1.66. The maximum Gasteiger partial charge on any atom is 0.405 e. The summed E-state index contributed by atoms with van der Waals surface area (Å²) >= 11 is 0. The van der Waals surface area contributed by atoms with Crippen LogP contribution in [0, 0.1) is 5.92 Å². The lowest BCUT2D eigenvalue weighted by Gasteiger charge is -2.48. The van der Waals surface area contributed by atoms with Crippen LogP contribution in [-0.2, 0) is 0 Å². The molecule has 18 heavy (non-hydrogen) atoms. The topological polar surface area (TPSA) is 29.3 Å². The highest BCUT2D eigenvalue weighted by Gasteiger charge is 2.49. The smallest absolute Gasteiger partial charge is 0.326 e. The standard InChI is InChI=1S/C13H23F3N2/c1-9(17)12(13(14,15)16)18-8-4-6-10-5-2-3-7-11(10)18/h9-12H,2-8,17H2,1H3/t9?,10-,11-,12?/m1/s1. The van der Waals surface area contributed by atoms with E-state index in [1.54, 1.807) is 4.90 Å². The largest absolute Gasteiger partial charge is 0.405 e. The van der Waals surface area contributed by atoms with Gasteiger partial charge in [-0.3, -0.25) is 4.90 Å². The third kappa shape index (κ3) is 2.82. The van der Waals surface area contributed by atoms with Gasteiger partial charge in [-0.2, -0.15) is 13.2 Å². The van der Waals surface area contributed by atoms with Gasteiger partial charge >= 0.3 is 6.18 Å². The van der Waals surface area contributed by atoms with Crippen molar-refractivity contribution in [1.82, 2.24) is 4.90 Å². The Morgan fingerprint density at radius 1 is 1.11 bits per heavy atom. The zero-order valence-corrected chi connectivity index (χ0v) is 10.9. The number of alkyl halides is 3. The lowest BCUT2D eigenvalue weighted by molar-refractivity contribution is -0.202. The van der Waals surface area contributed by atoms with Gasteiger partial charge < -0.3 is 5.73 Å². The van der Waals surface area contributed by atoms with Crippen LogP contribution in [0.15, 0.2) is 0 Å². The van der Waals surface area contributed by atoms with E-state index < -0.39 is 18.3 Å². The average molecular weight is 264 g/mol. The molecule has 0 bridgehead atoms. The first-order chi connectivity index (χ1) is 8.41. The van der Waals surface area contributed by atoms with Crippen LogP contribution in [0.4, 0.5) is 13.2 Å². The summed E-state index contributed by atoms with van der Waals surface area (Å²) in [7, 11) is 0. The van der Waals surface area contributed by atoms with Crippen molar-refractivity contribution >= 4 is 0 Å². The van der Waals surface area contributed by atoms with Crippen LogP contribution in [-0.4, -0.2) is 35.7 Å². The molecule has 2 unspecified atom stereocenters. The molecule has 106 valence electrons. The third-order valence-corrected chi connectivity index (χ3v) is 4.48. The predicted molar refractivity (Wildman–Crippen MR) is 65.2 cm³/mol. The quantitative estimate of drug-likeness (QED) is 0.831. The molecule has 0 radical (unpaired) electrons. The normalized spacial score (nSPS) is 33.8. The summed E-state index contributed by atoms with van der Waals surface area (Å²) in [5.41, 5.74) is 5.61. The first kappa shape index (κ1) is 14.1. The molecule has 2 rings (SSSR count). The maximum atomic E-state index is 13.2. The van der Waals surface area contributed by atoms with Crippen LogP contribution in [0.2, 0.25) is 0 Å². The second-order valence-electron chi connectivity index (χ2n) is 5.84. The Hall–Kier alpha value is -0.290. The molecule has 1 aliphatic heterocycles. The lowest BCUT2D eigenvalue weighted by atomic mass is 9.77. The molecular weight excluding hydrogens is 241 g/mol. The number of halogens is 3. The number of rotatable bonds is 2. The van der Waals surface area contributed by atoms with Gasteiger partial charge in [0.1, 0.15) is 6.04 Å². The molecule has 2 aliphatic rings. The SMILES string of the molecule is CC(N)C(N1CCC[C@H]2CCCC[C@H]21)C(F)(F)F. The average Bonchev–Trinajstić information content (AvgIpc) is 2.27. The summed E-state index contributed by atoms with van der Waals surface area (Å²) in [6, 6.07) is -2.22. The van der Waals surface area contributed by atoms with Gasteiger partial charge in [-0.05, 0) is 45.1 Å². The summed E-state index contributed by atoms with van der Waals surface area (Å²) in [5.74, 6) is 0.455. The van der Waals surface area contributed by atoms with Crippen LogP contribution in [0.25, 0.3) is 0 Å². The zero-order chi connectivity index (χ0) is 13.3. The fraction of sp³-hybridized carbons (Fsp3) is 1.00. The summed E-state index contributed by atoms with van der Waals surface area (Å²) in [6.07, 6.45) is 1.97. The second-order valence-corrected chi connectivity index (χ2v) is 5.84. The van der Waals surface area contributed by atoms with Crippen LogP contribution in [0.3, 0.4) is 0 Å². The van der Waals surface area contributed by atoms with Crippen molar-refractivity contribution in [3.8, 4) is 0 Å². The van der Waals surface area contributed by atoms with Crippen molar-refractivity contribution in [1.29, 1.82) is 0 Å². The molecule has 2 N–H and O–H groups in total. The maximum absolute atomic E-state index is 13.2. The van der Waals surface area contributed by atoms with Gasteiger partial charge in [0.2, 0.25) is 0 Å². The minimum Gasteiger partial charge on any atom is -0.326 e. The minimum atomic E-state index is -4.21. The molecule has 0 aromatic rings. The fourth-order valence-electron chi connectivity index (χ4n) is 3.80. The second kappa shape index (κ2) is 5.37. The number of piperidine rings is 1. The number of hydrogen-bond donors (Lipinski definition) is 1. The Bertz CT molecular complexity index is 276. The third-order valence-electron chi connectivity index (χ3n) is 4.48. The Morgan fingerprint density at radius 2 is 1.72 bits per heavy atom. The van der Waals surface area contributed by atoms with E-state index in [0.717, 1.165) is 32.1 Å². The van der Waals surface area contributed by atoms with Gasteiger partial charge in [0.05, 0.1) is 0 Å². The van der Waals surface area contributed by atoms with Crippen molar-refractivity contribution < 1.29 is 13.2 Å². The van der Waals surface area contributed by atoms with E-state index in [1.807, 2.05) is 0 Å². The van der Waals surface area contributed by atoms with E-state index in [9.17, 15) is 13.2 Å².